The minimum Gasteiger partial charge on any atom is -0.477 e. The predicted molar refractivity (Wildman–Crippen MR) is 102 cm³/mol. The standard InChI is InChI=1S/C15H17N5O6S2/c1-25-3-6-4-27-13-9(12(22)20(13)10(6)14(23)24)18-11(21)8(19-26-2)7-5-28-15(16)17-7/h5,9,13H,3-4H2,1-2H3,(H2,16,17)(H,18,21)(H,23,24)/b19-8+/t9-,13-/m1/s1/i2D3. The molecule has 0 saturated carbocycles. The summed E-state index contributed by atoms with van der Waals surface area (Å²) < 4.78 is 26.3. The van der Waals surface area contributed by atoms with E-state index in [4.69, 9.17) is 14.6 Å². The van der Waals surface area contributed by atoms with Crippen molar-refractivity contribution in [3.63, 3.8) is 0 Å². The van der Waals surface area contributed by atoms with Crippen molar-refractivity contribution in [1.29, 1.82) is 0 Å². The van der Waals surface area contributed by atoms with E-state index in [0.29, 0.717) is 11.3 Å². The zero-order valence-electron chi connectivity index (χ0n) is 17.4. The third-order valence-corrected chi connectivity index (χ3v) is 5.99. The molecule has 0 aliphatic carbocycles. The number of nitrogens with zero attached hydrogens (tertiary/aromatic N) is 3. The van der Waals surface area contributed by atoms with Gasteiger partial charge in [0.15, 0.2) is 10.8 Å². The maximum atomic E-state index is 12.8. The van der Waals surface area contributed by atoms with Gasteiger partial charge < -0.3 is 25.7 Å². The van der Waals surface area contributed by atoms with E-state index in [1.54, 1.807) is 0 Å². The van der Waals surface area contributed by atoms with E-state index in [9.17, 15) is 19.5 Å². The molecule has 28 heavy (non-hydrogen) atoms. The first-order chi connectivity index (χ1) is 14.5. The fraction of sp³-hybridized carbons (Fsp3) is 0.400. The van der Waals surface area contributed by atoms with Crippen molar-refractivity contribution in [3.8, 4) is 0 Å². The highest BCUT2D eigenvalue weighted by Crippen LogP contribution is 2.40. The fourth-order valence-electron chi connectivity index (χ4n) is 2.82. The molecular formula is C15H17N5O6S2. The molecule has 3 rings (SSSR count). The van der Waals surface area contributed by atoms with Gasteiger partial charge in [-0.1, -0.05) is 5.16 Å². The zero-order chi connectivity index (χ0) is 22.9. The van der Waals surface area contributed by atoms with E-state index >= 15 is 0 Å². The highest BCUT2D eigenvalue weighted by Gasteiger charge is 2.54. The number of thioether (sulfide) groups is 1. The van der Waals surface area contributed by atoms with E-state index in [2.05, 4.69) is 20.3 Å². The number of carboxylic acids is 1. The van der Waals surface area contributed by atoms with Gasteiger partial charge in [0.2, 0.25) is 0 Å². The fourth-order valence-corrected chi connectivity index (χ4v) is 4.70. The molecule has 2 aliphatic rings. The topological polar surface area (TPSA) is 156 Å². The molecule has 1 aromatic rings. The smallest absolute Gasteiger partial charge is 0.352 e. The normalized spacial score (nSPS) is 23.9. The number of hydrogen-bond donors (Lipinski definition) is 3. The average molecular weight is 430 g/mol. The van der Waals surface area contributed by atoms with E-state index in [0.717, 1.165) is 16.2 Å². The third-order valence-electron chi connectivity index (χ3n) is 3.97. The monoisotopic (exact) mass is 430 g/mol. The number of amides is 2. The average Bonchev–Trinajstić information content (AvgIpc) is 3.10. The summed E-state index contributed by atoms with van der Waals surface area (Å²) in [6.07, 6.45) is 0. The molecule has 11 nitrogen and oxygen atoms in total. The third kappa shape index (κ3) is 3.55. The van der Waals surface area contributed by atoms with Gasteiger partial charge >= 0.3 is 5.97 Å². The van der Waals surface area contributed by atoms with Crippen LogP contribution in [0.25, 0.3) is 0 Å². The van der Waals surface area contributed by atoms with Crippen LogP contribution in [0.4, 0.5) is 5.13 Å². The number of hydrogen-bond acceptors (Lipinski definition) is 10. The number of anilines is 1. The highest BCUT2D eigenvalue weighted by molar-refractivity contribution is 8.00. The Hall–Kier alpha value is -2.64. The van der Waals surface area contributed by atoms with E-state index in [1.165, 1.54) is 24.3 Å². The molecule has 0 bridgehead atoms. The van der Waals surface area contributed by atoms with Crippen molar-refractivity contribution in [2.24, 2.45) is 5.16 Å². The number of carboxylic acid groups (broad SMARTS) is 1. The summed E-state index contributed by atoms with van der Waals surface area (Å²) >= 11 is 2.26. The number of nitrogens with one attached hydrogen (secondary N) is 1. The molecule has 2 atom stereocenters. The number of thiazole rings is 1. The molecule has 1 saturated heterocycles. The second-order valence-corrected chi connectivity index (χ2v) is 7.65. The number of nitrogen functional groups attached to an aromatic ring is 1. The molecule has 150 valence electrons. The Labute approximate surface area is 171 Å². The molecular weight excluding hydrogens is 410 g/mol. The summed E-state index contributed by atoms with van der Waals surface area (Å²) in [6, 6.07) is -1.05. The van der Waals surface area contributed by atoms with Crippen molar-refractivity contribution >= 4 is 51.7 Å². The number of aromatic nitrogens is 1. The number of fused-ring (bicyclic) bond motifs is 1. The summed E-state index contributed by atoms with van der Waals surface area (Å²) in [6.45, 7) is 0.0523. The summed E-state index contributed by atoms with van der Waals surface area (Å²) in [4.78, 5) is 46.4. The van der Waals surface area contributed by atoms with Crippen LogP contribution in [0.5, 0.6) is 0 Å². The first-order valence-corrected chi connectivity index (χ1v) is 9.63. The largest absolute Gasteiger partial charge is 0.477 e. The van der Waals surface area contributed by atoms with Crippen LogP contribution in [-0.4, -0.2) is 76.4 Å². The van der Waals surface area contributed by atoms with Crippen molar-refractivity contribution in [2.75, 3.05) is 32.2 Å². The molecule has 3 heterocycles. The van der Waals surface area contributed by atoms with Crippen LogP contribution >= 0.6 is 23.1 Å². The second-order valence-electron chi connectivity index (χ2n) is 5.65. The van der Waals surface area contributed by atoms with Crippen molar-refractivity contribution in [3.05, 3.63) is 22.3 Å². The maximum absolute atomic E-state index is 12.8. The molecule has 2 amide bonds. The van der Waals surface area contributed by atoms with Gasteiger partial charge in [0, 0.05) is 18.2 Å². The van der Waals surface area contributed by atoms with Crippen LogP contribution in [-0.2, 0) is 24.0 Å². The first kappa shape index (κ1) is 16.3. The Balaban J connectivity index is 1.81. The number of β-lactam (4-membered cyclic amide) rings is 1. The molecule has 4 N–H and O–H groups in total. The minimum atomic E-state index is -2.91. The van der Waals surface area contributed by atoms with E-state index < -0.39 is 41.9 Å². The Morgan fingerprint density at radius 1 is 1.61 bits per heavy atom. The predicted octanol–water partition coefficient (Wildman–Crippen LogP) is -0.539. The lowest BCUT2D eigenvalue weighted by atomic mass is 10.0. The molecule has 0 radical (unpaired) electrons. The number of carbonyl (C=O) groups excluding carboxylic acids is 2. The Morgan fingerprint density at radius 3 is 3.00 bits per heavy atom. The lowest BCUT2D eigenvalue weighted by molar-refractivity contribution is -0.150. The number of carbonyl (C=O) groups is 3. The highest BCUT2D eigenvalue weighted by atomic mass is 32.2. The number of methoxy groups -OCH3 is 1. The number of oxime groups is 1. The van der Waals surface area contributed by atoms with Crippen LogP contribution in [0.15, 0.2) is 21.8 Å². The molecule has 0 spiro atoms. The van der Waals surface area contributed by atoms with E-state index in [1.807, 2.05) is 0 Å². The number of nitrogens with two attached hydrogens (primary N) is 1. The van der Waals surface area contributed by atoms with Crippen molar-refractivity contribution < 1.29 is 33.2 Å². The molecule has 0 unspecified atom stereocenters. The van der Waals surface area contributed by atoms with E-state index in [-0.39, 0.29) is 23.1 Å². The summed E-state index contributed by atoms with van der Waals surface area (Å²) in [5.41, 5.74) is 5.32. The summed E-state index contributed by atoms with van der Waals surface area (Å²) in [5, 5.41) is 16.2. The molecule has 2 aliphatic heterocycles. The summed E-state index contributed by atoms with van der Waals surface area (Å²) in [5.74, 6) is -2.54. The Bertz CT molecular complexity index is 979. The number of ether oxygens (including phenoxy) is 1. The Morgan fingerprint density at radius 2 is 2.39 bits per heavy atom. The van der Waals surface area contributed by atoms with Gasteiger partial charge in [0.25, 0.3) is 11.8 Å². The molecule has 13 heteroatoms. The SMILES string of the molecule is [2H]C([2H])([2H])O/N=C(/C(=O)N[C@@H]1C(=O)N2C(C(=O)O)=C(COC)CS[C@H]12)c1csc(N)n1. The van der Waals surface area contributed by atoms with Crippen LogP contribution in [0.1, 0.15) is 9.81 Å². The molecule has 1 aromatic heterocycles. The maximum Gasteiger partial charge on any atom is 0.352 e. The van der Waals surface area contributed by atoms with Gasteiger partial charge in [-0.25, -0.2) is 9.78 Å². The van der Waals surface area contributed by atoms with Gasteiger partial charge in [-0.3, -0.25) is 14.5 Å². The minimum absolute atomic E-state index is 0.0299. The van der Waals surface area contributed by atoms with Crippen molar-refractivity contribution in [2.45, 2.75) is 11.4 Å². The van der Waals surface area contributed by atoms with Gasteiger partial charge in [-0.15, -0.1) is 23.1 Å². The zero-order valence-corrected chi connectivity index (χ0v) is 16.0. The molecule has 0 aromatic carbocycles. The lowest BCUT2D eigenvalue weighted by Crippen LogP contribution is -2.71. The quantitative estimate of drug-likeness (QED) is 0.294. The van der Waals surface area contributed by atoms with Crippen LogP contribution < -0.4 is 11.1 Å². The van der Waals surface area contributed by atoms with Gasteiger partial charge in [-0.05, 0) is 5.57 Å². The molecule has 1 fully saturated rings. The lowest BCUT2D eigenvalue weighted by Gasteiger charge is -2.49. The van der Waals surface area contributed by atoms with Gasteiger partial charge in [0.1, 0.15) is 29.8 Å². The Kier molecular flexibility index (Phi) is 4.76. The van der Waals surface area contributed by atoms with Gasteiger partial charge in [-0.2, -0.15) is 0 Å². The van der Waals surface area contributed by atoms with Crippen LogP contribution in [0.3, 0.4) is 0 Å². The van der Waals surface area contributed by atoms with Crippen LogP contribution in [0.2, 0.25) is 0 Å². The second kappa shape index (κ2) is 8.16. The summed E-state index contributed by atoms with van der Waals surface area (Å²) in [7, 11) is -1.49. The van der Waals surface area contributed by atoms with Crippen LogP contribution in [0, 0.1) is 0 Å². The first-order valence-electron chi connectivity index (χ1n) is 9.21. The number of rotatable bonds is 7. The number of aliphatic carboxylic acids is 1. The van der Waals surface area contributed by atoms with Gasteiger partial charge in [0.05, 0.1) is 10.7 Å². The van der Waals surface area contributed by atoms with Crippen molar-refractivity contribution in [1.82, 2.24) is 15.2 Å².